The van der Waals surface area contributed by atoms with E-state index >= 15 is 0 Å². The molecule has 0 amide bonds. The first kappa shape index (κ1) is 81.1. The quantitative estimate of drug-likeness (QED) is 0.0222. The average molecular weight is 1230 g/mol. The highest BCUT2D eigenvalue weighted by Crippen LogP contribution is 2.45. The number of ether oxygens (including phenoxy) is 4. The molecule has 0 saturated carbocycles. The lowest BCUT2D eigenvalue weighted by molar-refractivity contribution is -0.161. The van der Waals surface area contributed by atoms with Crippen molar-refractivity contribution < 1.29 is 80.2 Å². The third-order valence-corrected chi connectivity index (χ3v) is 16.6. The molecule has 0 aliphatic rings. The topological polar surface area (TPSA) is 237 Å². The van der Waals surface area contributed by atoms with Gasteiger partial charge in [0.05, 0.1) is 26.4 Å². The minimum Gasteiger partial charge on any atom is -0.462 e. The summed E-state index contributed by atoms with van der Waals surface area (Å²) >= 11 is 0. The largest absolute Gasteiger partial charge is 0.472 e. The van der Waals surface area contributed by atoms with E-state index in [2.05, 4.69) is 41.5 Å². The predicted octanol–water partition coefficient (Wildman–Crippen LogP) is 17.7. The summed E-state index contributed by atoms with van der Waals surface area (Å²) in [6.45, 7) is 9.38. The fourth-order valence-corrected chi connectivity index (χ4v) is 11.1. The van der Waals surface area contributed by atoms with E-state index in [0.717, 1.165) is 108 Å². The van der Waals surface area contributed by atoms with Gasteiger partial charge in [-0.3, -0.25) is 37.3 Å². The molecule has 0 rings (SSSR count). The summed E-state index contributed by atoms with van der Waals surface area (Å²) in [6.07, 6.45) is 39.3. The first-order valence-electron chi connectivity index (χ1n) is 33.5. The number of rotatable bonds is 63. The van der Waals surface area contributed by atoms with Crippen molar-refractivity contribution in [3.05, 3.63) is 0 Å². The number of carbonyl (C=O) groups is 4. The molecule has 0 fully saturated rings. The second-order valence-corrected chi connectivity index (χ2v) is 27.0. The maximum absolute atomic E-state index is 13.0. The van der Waals surface area contributed by atoms with Gasteiger partial charge in [0.15, 0.2) is 12.2 Å². The monoisotopic (exact) mass is 1230 g/mol. The second-order valence-electron chi connectivity index (χ2n) is 24.1. The molecule has 83 heavy (non-hydrogen) atoms. The summed E-state index contributed by atoms with van der Waals surface area (Å²) in [5, 5.41) is 10.5. The Morgan fingerprint density at radius 1 is 0.325 bits per heavy atom. The molecule has 0 radical (unpaired) electrons. The molecular weight excluding hydrogens is 1100 g/mol. The zero-order valence-corrected chi connectivity index (χ0v) is 55.3. The van der Waals surface area contributed by atoms with Gasteiger partial charge < -0.3 is 33.8 Å². The number of hydrogen-bond acceptors (Lipinski definition) is 15. The number of esters is 4. The Labute approximate surface area is 505 Å². The summed E-state index contributed by atoms with van der Waals surface area (Å²) in [6, 6.07) is 0. The van der Waals surface area contributed by atoms with E-state index in [1.807, 2.05) is 0 Å². The number of carbonyl (C=O) groups excluding carboxylic acids is 4. The Morgan fingerprint density at radius 3 is 0.819 bits per heavy atom. The molecule has 17 nitrogen and oxygen atoms in total. The van der Waals surface area contributed by atoms with Gasteiger partial charge in [-0.1, -0.05) is 266 Å². The van der Waals surface area contributed by atoms with Crippen LogP contribution >= 0.6 is 15.6 Å². The summed E-state index contributed by atoms with van der Waals surface area (Å²) in [5.74, 6) is -0.649. The molecule has 0 saturated heterocycles. The van der Waals surface area contributed by atoms with E-state index < -0.39 is 97.5 Å². The van der Waals surface area contributed by atoms with Crippen molar-refractivity contribution in [3.63, 3.8) is 0 Å². The van der Waals surface area contributed by atoms with Crippen LogP contribution in [0.15, 0.2) is 0 Å². The van der Waals surface area contributed by atoms with Gasteiger partial charge >= 0.3 is 39.5 Å². The Morgan fingerprint density at radius 2 is 0.554 bits per heavy atom. The van der Waals surface area contributed by atoms with Gasteiger partial charge in [0, 0.05) is 25.7 Å². The summed E-state index contributed by atoms with van der Waals surface area (Å²) in [4.78, 5) is 72.0. The molecule has 0 spiro atoms. The van der Waals surface area contributed by atoms with Gasteiger partial charge in [0.1, 0.15) is 19.3 Å². The lowest BCUT2D eigenvalue weighted by Gasteiger charge is -2.21. The van der Waals surface area contributed by atoms with Crippen LogP contribution in [0.1, 0.15) is 318 Å². The molecular formula is C64H124O17P2. The van der Waals surface area contributed by atoms with Crippen LogP contribution in [0.2, 0.25) is 0 Å². The number of aliphatic hydroxyl groups excluding tert-OH is 1. The molecule has 492 valence electrons. The fraction of sp³-hybridized carbons (Fsp3) is 0.938. The average Bonchev–Trinajstić information content (AvgIpc) is 3.44. The maximum atomic E-state index is 13.0. The van der Waals surface area contributed by atoms with Crippen molar-refractivity contribution in [2.24, 2.45) is 11.8 Å². The predicted molar refractivity (Wildman–Crippen MR) is 331 cm³/mol. The van der Waals surface area contributed by atoms with Crippen LogP contribution < -0.4 is 0 Å². The Bertz CT molecular complexity index is 1630. The SMILES string of the molecule is CCCCCCCCCCCCCCC(=O)OC[C@H](COP(=O)(O)OC[C@@H](O)COP(=O)(O)OC[C@@H](COC(=O)CCCCCCC)OC(=O)CCCCCCCCCCC(C)C)OC(=O)CCCCCCCCCCCCCCC(C)C. The van der Waals surface area contributed by atoms with Crippen LogP contribution in [0, 0.1) is 11.8 Å². The molecule has 3 N–H and O–H groups in total. The number of aliphatic hydroxyl groups is 1. The zero-order chi connectivity index (χ0) is 61.5. The maximum Gasteiger partial charge on any atom is 0.472 e. The van der Waals surface area contributed by atoms with E-state index in [1.54, 1.807) is 0 Å². The summed E-state index contributed by atoms with van der Waals surface area (Å²) in [5.41, 5.74) is 0. The van der Waals surface area contributed by atoms with E-state index in [1.165, 1.54) is 128 Å². The van der Waals surface area contributed by atoms with Crippen molar-refractivity contribution in [3.8, 4) is 0 Å². The lowest BCUT2D eigenvalue weighted by atomic mass is 10.0. The number of phosphoric acid groups is 2. The molecule has 19 heteroatoms. The second kappa shape index (κ2) is 56.6. The van der Waals surface area contributed by atoms with Crippen LogP contribution in [0.25, 0.3) is 0 Å². The minimum atomic E-state index is -4.94. The van der Waals surface area contributed by atoms with Crippen LogP contribution in [0.4, 0.5) is 0 Å². The molecule has 2 unspecified atom stereocenters. The highest BCUT2D eigenvalue weighted by atomic mass is 31.2. The summed E-state index contributed by atoms with van der Waals surface area (Å²) in [7, 11) is -9.88. The molecule has 0 aliphatic heterocycles. The van der Waals surface area contributed by atoms with Crippen LogP contribution in [0.5, 0.6) is 0 Å². The standard InChI is InChI=1S/C64H124O17P2/c1-7-9-11-13-14-15-16-20-23-29-35-41-47-62(67)75-53-60(81-63(68)48-42-36-30-24-21-18-17-19-22-27-33-38-44-56(3)4)55-79-83(72,73)77-51-58(65)50-76-82(70,71)78-54-59(52-74-61(66)46-40-32-12-10-8-2)80-64(69)49-43-37-31-26-25-28-34-39-45-57(5)6/h56-60,65H,7-55H2,1-6H3,(H,70,71)(H,72,73)/t58-,59+,60+/m0/s1. The van der Waals surface area contributed by atoms with Crippen molar-refractivity contribution in [1.82, 2.24) is 0 Å². The van der Waals surface area contributed by atoms with Gasteiger partial charge in [0.25, 0.3) is 0 Å². The third kappa shape index (κ3) is 58.8. The number of unbranched alkanes of at least 4 members (excludes halogenated alkanes) is 33. The normalized spacial score (nSPS) is 14.3. The molecule has 0 heterocycles. The van der Waals surface area contributed by atoms with E-state index in [4.69, 9.17) is 37.0 Å². The van der Waals surface area contributed by atoms with Crippen LogP contribution in [-0.2, 0) is 65.4 Å². The minimum absolute atomic E-state index is 0.103. The lowest BCUT2D eigenvalue weighted by Crippen LogP contribution is -2.30. The smallest absolute Gasteiger partial charge is 0.462 e. The highest BCUT2D eigenvalue weighted by Gasteiger charge is 2.30. The van der Waals surface area contributed by atoms with Crippen molar-refractivity contribution in [1.29, 1.82) is 0 Å². The highest BCUT2D eigenvalue weighted by molar-refractivity contribution is 7.47. The van der Waals surface area contributed by atoms with Crippen LogP contribution in [-0.4, -0.2) is 96.7 Å². The molecule has 0 aromatic heterocycles. The third-order valence-electron chi connectivity index (χ3n) is 14.7. The van der Waals surface area contributed by atoms with Gasteiger partial charge in [0.2, 0.25) is 0 Å². The first-order chi connectivity index (χ1) is 39.9. The van der Waals surface area contributed by atoms with Crippen molar-refractivity contribution in [2.45, 2.75) is 336 Å². The Hall–Kier alpha value is -1.94. The molecule has 5 atom stereocenters. The van der Waals surface area contributed by atoms with Gasteiger partial charge in [-0.25, -0.2) is 9.13 Å². The Balaban J connectivity index is 5.18. The van der Waals surface area contributed by atoms with Crippen molar-refractivity contribution >= 4 is 39.5 Å². The van der Waals surface area contributed by atoms with Gasteiger partial charge in [-0.2, -0.15) is 0 Å². The molecule has 0 aromatic carbocycles. The van der Waals surface area contributed by atoms with E-state index in [-0.39, 0.29) is 25.7 Å². The summed E-state index contributed by atoms with van der Waals surface area (Å²) < 4.78 is 67.8. The fourth-order valence-electron chi connectivity index (χ4n) is 9.53. The zero-order valence-electron chi connectivity index (χ0n) is 53.5. The Kier molecular flexibility index (Phi) is 55.2. The van der Waals surface area contributed by atoms with Crippen molar-refractivity contribution in [2.75, 3.05) is 39.6 Å². The number of phosphoric ester groups is 2. The van der Waals surface area contributed by atoms with E-state index in [0.29, 0.717) is 25.7 Å². The van der Waals surface area contributed by atoms with Crippen LogP contribution in [0.3, 0.4) is 0 Å². The van der Waals surface area contributed by atoms with E-state index in [9.17, 15) is 43.2 Å². The number of hydrogen-bond donors (Lipinski definition) is 3. The molecule has 0 aromatic rings. The molecule has 0 bridgehead atoms. The van der Waals surface area contributed by atoms with Gasteiger partial charge in [-0.05, 0) is 37.5 Å². The first-order valence-corrected chi connectivity index (χ1v) is 36.5. The van der Waals surface area contributed by atoms with Gasteiger partial charge in [-0.15, -0.1) is 0 Å². The molecule has 0 aliphatic carbocycles.